The fourth-order valence-electron chi connectivity index (χ4n) is 16.1. The third-order valence-electron chi connectivity index (χ3n) is 23.3. The summed E-state index contributed by atoms with van der Waals surface area (Å²) in [7, 11) is 0. The quantitative estimate of drug-likeness (QED) is 0.0606. The van der Waals surface area contributed by atoms with Gasteiger partial charge >= 0.3 is 0 Å². The van der Waals surface area contributed by atoms with Crippen LogP contribution < -0.4 is 9.80 Å². The van der Waals surface area contributed by atoms with Gasteiger partial charge in [0.1, 0.15) is 55.2 Å². The first-order valence-electron chi connectivity index (χ1n) is 43.2. The van der Waals surface area contributed by atoms with E-state index < -0.39 is 0 Å². The van der Waals surface area contributed by atoms with Crippen molar-refractivity contribution in [3.8, 4) is 67.5 Å². The van der Waals surface area contributed by atoms with Crippen molar-refractivity contribution in [2.75, 3.05) is 88.3 Å². The Morgan fingerprint density at radius 2 is 0.803 bits per heavy atom. The number of carbonyl (C=O) groups is 4. The zero-order valence-electron chi connectivity index (χ0n) is 72.6. The highest BCUT2D eigenvalue weighted by Gasteiger charge is 2.31. The van der Waals surface area contributed by atoms with Crippen LogP contribution in [0.2, 0.25) is 0 Å². The highest BCUT2D eigenvalue weighted by molar-refractivity contribution is 7.13. The van der Waals surface area contributed by atoms with Crippen molar-refractivity contribution in [2.24, 2.45) is 0 Å². The van der Waals surface area contributed by atoms with E-state index in [1.807, 2.05) is 142 Å². The molecule has 8 aromatic heterocycles. The summed E-state index contributed by atoms with van der Waals surface area (Å²) in [6.07, 6.45) is 9.87. The lowest BCUT2D eigenvalue weighted by Gasteiger charge is -2.34. The zero-order chi connectivity index (χ0) is 88.8. The number of carbonyl (C=O) groups excluding carboxylic acids is 4. The number of rotatable bonds is 21. The summed E-state index contributed by atoms with van der Waals surface area (Å²) < 4.78 is 73.3. The van der Waals surface area contributed by atoms with Crippen LogP contribution in [0.1, 0.15) is 109 Å². The third kappa shape index (κ3) is 21.7. The van der Waals surface area contributed by atoms with Crippen LogP contribution in [0.15, 0.2) is 190 Å². The number of hydrogen-bond acceptors (Lipinski definition) is 19. The number of aryl methyl sites for hydroxylation is 8. The summed E-state index contributed by atoms with van der Waals surface area (Å²) in [5.41, 5.74) is 15.3. The van der Waals surface area contributed by atoms with Crippen molar-refractivity contribution in [3.05, 3.63) is 267 Å². The highest BCUT2D eigenvalue weighted by atomic mass is 32.1. The molecule has 0 radical (unpaired) electrons. The van der Waals surface area contributed by atoms with Gasteiger partial charge in [0, 0.05) is 167 Å². The van der Waals surface area contributed by atoms with Gasteiger partial charge in [-0.05, 0) is 184 Å². The molecule has 12 heterocycles. The number of fused-ring (bicyclic) bond motifs is 1. The molecule has 0 unspecified atom stereocenters. The molecule has 0 saturated carbocycles. The molecule has 0 N–H and O–H groups in total. The Morgan fingerprint density at radius 1 is 0.409 bits per heavy atom. The number of amides is 4. The predicted molar refractivity (Wildman–Crippen MR) is 483 cm³/mol. The van der Waals surface area contributed by atoms with Gasteiger partial charge in [0.2, 0.25) is 35.4 Å². The Bertz CT molecular complexity index is 6070. The van der Waals surface area contributed by atoms with Crippen molar-refractivity contribution in [2.45, 2.75) is 139 Å². The normalized spacial score (nSPS) is 14.2. The van der Waals surface area contributed by atoms with Crippen molar-refractivity contribution >= 4 is 56.6 Å². The molecular formula is C96H103F4N19O6S2. The summed E-state index contributed by atoms with van der Waals surface area (Å²) in [4.78, 5) is 77.4. The van der Waals surface area contributed by atoms with Gasteiger partial charge < -0.3 is 38.2 Å². The van der Waals surface area contributed by atoms with Crippen LogP contribution in [0.25, 0.3) is 67.5 Å². The van der Waals surface area contributed by atoms with E-state index in [1.165, 1.54) is 24.3 Å². The molecule has 0 aliphatic carbocycles. The minimum absolute atomic E-state index is 0.0188. The second-order valence-electron chi connectivity index (χ2n) is 32.1. The number of benzene rings is 6. The smallest absolute Gasteiger partial charge is 0.244 e. The van der Waals surface area contributed by atoms with Crippen molar-refractivity contribution in [1.29, 1.82) is 0 Å². The molecule has 0 bridgehead atoms. The lowest BCUT2D eigenvalue weighted by molar-refractivity contribution is -0.133. The van der Waals surface area contributed by atoms with Crippen LogP contribution in [-0.4, -0.2) is 186 Å². The SMILES string of the molecule is CCCc1cc(-c2ccc(F)c(C)c2)nn1CC(=O)N1CCc2nc(C)oc2CC1.CCc1cc(-c2ccc(F)c(C)c2)nn1CC(=O)N1CCN(c2nccs2)CC1.CCc1nnc(C2CCN(C(=O)Cn3nc(-c4ccc(F)c(C)c4)cc3-c3ccccc3)CC2)o1.Cc1cc(-c2cc(-c3ccccc3)n(CC(=O)N3CCN(c4nccs4)CC3)n2)ccc1F. The Hall–Kier alpha value is -13.0. The van der Waals surface area contributed by atoms with Gasteiger partial charge in [-0.15, -0.1) is 32.9 Å². The second kappa shape index (κ2) is 41.0. The fraction of sp³-hybridized carbons (Fsp3) is 0.344. The van der Waals surface area contributed by atoms with Crippen LogP contribution in [0, 0.1) is 57.9 Å². The molecule has 4 aliphatic heterocycles. The molecule has 18 rings (SSSR count). The number of halogens is 4. The van der Waals surface area contributed by atoms with Crippen molar-refractivity contribution in [1.82, 2.24) is 83.9 Å². The Morgan fingerprint density at radius 3 is 1.20 bits per heavy atom. The minimum Gasteiger partial charge on any atom is -0.446 e. The van der Waals surface area contributed by atoms with Crippen LogP contribution in [0.3, 0.4) is 0 Å². The van der Waals surface area contributed by atoms with Gasteiger partial charge in [-0.2, -0.15) is 20.4 Å². The van der Waals surface area contributed by atoms with E-state index >= 15 is 0 Å². The minimum atomic E-state index is -0.249. The van der Waals surface area contributed by atoms with Gasteiger partial charge in [-0.3, -0.25) is 37.9 Å². The molecule has 4 aliphatic rings. The molecule has 3 fully saturated rings. The monoisotopic (exact) mass is 1760 g/mol. The van der Waals surface area contributed by atoms with Gasteiger partial charge in [-0.1, -0.05) is 87.9 Å². The fourth-order valence-corrected chi connectivity index (χ4v) is 17.5. The summed E-state index contributed by atoms with van der Waals surface area (Å²) >= 11 is 3.24. The van der Waals surface area contributed by atoms with E-state index in [4.69, 9.17) is 19.0 Å². The number of hydrogen-bond donors (Lipinski definition) is 0. The van der Waals surface area contributed by atoms with E-state index in [2.05, 4.69) is 52.1 Å². The van der Waals surface area contributed by atoms with E-state index in [9.17, 15) is 36.7 Å². The first-order valence-corrected chi connectivity index (χ1v) is 45.0. The van der Waals surface area contributed by atoms with Crippen LogP contribution >= 0.6 is 22.7 Å². The first-order chi connectivity index (χ1) is 61.6. The number of piperidine rings is 1. The molecule has 0 spiro atoms. The molecule has 14 aromatic rings. The van der Waals surface area contributed by atoms with E-state index in [0.29, 0.717) is 111 Å². The first kappa shape index (κ1) is 88.8. The van der Waals surface area contributed by atoms with Gasteiger partial charge in [0.05, 0.1) is 39.9 Å². The third-order valence-corrected chi connectivity index (χ3v) is 25.0. The predicted octanol–water partition coefficient (Wildman–Crippen LogP) is 16.7. The number of aromatic nitrogens is 13. The maximum Gasteiger partial charge on any atom is 0.244 e. The van der Waals surface area contributed by atoms with Gasteiger partial charge in [0.25, 0.3) is 0 Å². The van der Waals surface area contributed by atoms with Crippen molar-refractivity contribution in [3.63, 3.8) is 0 Å². The molecular weight excluding hydrogens is 1660 g/mol. The van der Waals surface area contributed by atoms with Gasteiger partial charge in [0.15, 0.2) is 16.2 Å². The maximum absolute atomic E-state index is 13.8. The molecule has 0 atom stereocenters. The standard InChI is InChI=1S/C27H28FN5O2.C25H24FN5OS.C23H27FN4O2.C21H24FN5OS/c1-3-25-29-30-27(35-25)20-11-13-32(14-12-20)26(34)17-33-24(19-7-5-4-6-8-19)16-23(31-33)21-9-10-22(28)18(2)15-21;1-18-15-20(7-8-21(18)26)22-16-23(19-5-3-2-4-6-19)31(28-22)17-24(32)29-10-12-30(13-11-29)25-27-9-14-33-25;1-4-5-18-13-21(17-6-7-19(24)15(2)12-17)26-28(18)14-23(29)27-10-8-20-22(9-11-27)30-16(3)25-20;1-3-17-13-19(16-4-5-18(22)15(2)12-16)24-27(17)14-20(28)25-7-9-26(10-8-25)21-23-6-11-29-21/h4-10,15-16,20H,3,11-14,17H2,1-2H3;2-9,14-16H,10-13,17H2,1H3;6-7,12-13H,4-5,8-11,14H2,1-3H3;4-6,11-13H,3,7-10,14H2,1-2H3. The Labute approximate surface area is 743 Å². The maximum atomic E-state index is 13.8. The lowest BCUT2D eigenvalue weighted by Crippen LogP contribution is -2.49. The molecule has 3 saturated heterocycles. The van der Waals surface area contributed by atoms with E-state index in [0.717, 1.165) is 160 Å². The Balaban J connectivity index is 0.000000131. The highest BCUT2D eigenvalue weighted by Crippen LogP contribution is 2.34. The number of anilines is 2. The molecule has 658 valence electrons. The molecule has 31 heteroatoms. The molecule has 6 aromatic carbocycles. The zero-order valence-corrected chi connectivity index (χ0v) is 74.3. The topological polar surface area (TPSA) is 250 Å². The van der Waals surface area contributed by atoms with Crippen LogP contribution in [0.4, 0.5) is 27.8 Å². The molecule has 127 heavy (non-hydrogen) atoms. The van der Waals surface area contributed by atoms with Crippen molar-refractivity contribution < 1.29 is 45.6 Å². The number of oxazole rings is 1. The number of thiazole rings is 2. The molecule has 25 nitrogen and oxygen atoms in total. The number of likely N-dealkylation sites (tertiary alicyclic amines) is 1. The number of nitrogens with zero attached hydrogens (tertiary/aromatic N) is 19. The average Bonchev–Trinajstić information content (AvgIpc) is 1.64. The van der Waals surface area contributed by atoms with E-state index in [1.54, 1.807) is 124 Å². The summed E-state index contributed by atoms with van der Waals surface area (Å²) in [6, 6.07) is 47.6. The summed E-state index contributed by atoms with van der Waals surface area (Å²) in [6.45, 7) is 24.0. The van der Waals surface area contributed by atoms with E-state index in [-0.39, 0.29) is 79.0 Å². The summed E-state index contributed by atoms with van der Waals surface area (Å²) in [5.74, 6) is 2.31. The van der Waals surface area contributed by atoms with Crippen LogP contribution in [-0.2, 0) is 77.5 Å². The van der Waals surface area contributed by atoms with Crippen LogP contribution in [0.5, 0.6) is 0 Å². The molecule has 4 amide bonds. The Kier molecular flexibility index (Phi) is 28.6. The average molecular weight is 1760 g/mol. The number of piperazine rings is 2. The largest absolute Gasteiger partial charge is 0.446 e. The summed E-state index contributed by atoms with van der Waals surface area (Å²) in [5, 5.41) is 33.0. The lowest BCUT2D eigenvalue weighted by atomic mass is 9.97. The second-order valence-corrected chi connectivity index (χ2v) is 33.8. The van der Waals surface area contributed by atoms with Gasteiger partial charge in [-0.25, -0.2) is 32.5 Å².